The maximum Gasteiger partial charge on any atom is 0.0713 e. The van der Waals surface area contributed by atoms with E-state index in [9.17, 15) is 0 Å². The highest BCUT2D eigenvalue weighted by atomic mass is 15.3. The molecule has 0 aliphatic heterocycles. The van der Waals surface area contributed by atoms with Crippen LogP contribution >= 0.6 is 0 Å². The van der Waals surface area contributed by atoms with Gasteiger partial charge < -0.3 is 5.73 Å². The van der Waals surface area contributed by atoms with Gasteiger partial charge in [-0.15, -0.1) is 0 Å². The lowest BCUT2D eigenvalue weighted by Gasteiger charge is -2.15. The van der Waals surface area contributed by atoms with E-state index in [0.717, 1.165) is 16.6 Å². The Labute approximate surface area is 94.3 Å². The molecule has 4 heteroatoms. The molecule has 0 aliphatic rings. The molecule has 0 saturated carbocycles. The number of nitrogen functional groups attached to an aromatic ring is 1. The van der Waals surface area contributed by atoms with Crippen LogP contribution < -0.4 is 5.73 Å². The highest BCUT2D eigenvalue weighted by Gasteiger charge is 2.19. The molecule has 4 nitrogen and oxygen atoms in total. The standard InChI is InChI=1S/C12H14N4/c1-12(2,7-13)8-16-11-5-3-4-10(14)9(11)6-15-16/h3-6H,8,14H2,1-2H3. The first-order valence-corrected chi connectivity index (χ1v) is 5.15. The van der Waals surface area contributed by atoms with Crippen LogP contribution in [0.15, 0.2) is 24.4 Å². The van der Waals surface area contributed by atoms with Gasteiger partial charge in [0.1, 0.15) is 0 Å². The summed E-state index contributed by atoms with van der Waals surface area (Å²) in [6.45, 7) is 4.36. The number of hydrogen-bond acceptors (Lipinski definition) is 3. The average Bonchev–Trinajstić information content (AvgIpc) is 2.63. The minimum atomic E-state index is -0.427. The Hall–Kier alpha value is -2.02. The SMILES string of the molecule is CC(C)(C#N)Cn1ncc2c(N)cccc21. The molecule has 0 radical (unpaired) electrons. The third-order valence-electron chi connectivity index (χ3n) is 2.57. The molecule has 1 aromatic heterocycles. The van der Waals surface area contributed by atoms with Crippen LogP contribution in [0, 0.1) is 16.7 Å². The first kappa shape index (κ1) is 10.5. The van der Waals surface area contributed by atoms with Crippen molar-refractivity contribution in [3.8, 4) is 6.07 Å². The van der Waals surface area contributed by atoms with E-state index >= 15 is 0 Å². The smallest absolute Gasteiger partial charge is 0.0713 e. The first-order valence-electron chi connectivity index (χ1n) is 5.15. The number of rotatable bonds is 2. The summed E-state index contributed by atoms with van der Waals surface area (Å²) in [4.78, 5) is 0. The Morgan fingerprint density at radius 2 is 2.25 bits per heavy atom. The van der Waals surface area contributed by atoms with Gasteiger partial charge in [0.25, 0.3) is 0 Å². The Balaban J connectivity index is 2.48. The van der Waals surface area contributed by atoms with E-state index in [0.29, 0.717) is 6.54 Å². The lowest BCUT2D eigenvalue weighted by Crippen LogP contribution is -2.18. The number of benzene rings is 1. The normalized spacial score (nSPS) is 11.6. The van der Waals surface area contributed by atoms with E-state index in [1.54, 1.807) is 6.20 Å². The number of hydrogen-bond donors (Lipinski definition) is 1. The third kappa shape index (κ3) is 1.72. The maximum atomic E-state index is 9.00. The van der Waals surface area contributed by atoms with Gasteiger partial charge in [0.15, 0.2) is 0 Å². The predicted molar refractivity (Wildman–Crippen MR) is 63.5 cm³/mol. The van der Waals surface area contributed by atoms with Crippen molar-refractivity contribution in [2.24, 2.45) is 5.41 Å². The molecule has 2 N–H and O–H groups in total. The summed E-state index contributed by atoms with van der Waals surface area (Å²) < 4.78 is 1.83. The lowest BCUT2D eigenvalue weighted by atomic mass is 9.96. The summed E-state index contributed by atoms with van der Waals surface area (Å²) in [5.41, 5.74) is 7.12. The minimum absolute atomic E-state index is 0.427. The number of nitrogens with zero attached hydrogens (tertiary/aromatic N) is 3. The highest BCUT2D eigenvalue weighted by molar-refractivity contribution is 5.90. The maximum absolute atomic E-state index is 9.00. The largest absolute Gasteiger partial charge is 0.398 e. The number of aromatic nitrogens is 2. The third-order valence-corrected chi connectivity index (χ3v) is 2.57. The molecule has 0 bridgehead atoms. The van der Waals surface area contributed by atoms with Gasteiger partial charge in [0.2, 0.25) is 0 Å². The predicted octanol–water partition coefficient (Wildman–Crippen LogP) is 2.17. The Morgan fingerprint density at radius 3 is 2.94 bits per heavy atom. The molecule has 0 spiro atoms. The van der Waals surface area contributed by atoms with Crippen molar-refractivity contribution in [1.82, 2.24) is 9.78 Å². The average molecular weight is 214 g/mol. The van der Waals surface area contributed by atoms with Crippen molar-refractivity contribution in [2.75, 3.05) is 5.73 Å². The van der Waals surface area contributed by atoms with E-state index in [2.05, 4.69) is 11.2 Å². The Bertz CT molecular complexity index is 560. The molecule has 0 atom stereocenters. The summed E-state index contributed by atoms with van der Waals surface area (Å²) in [5, 5.41) is 14.2. The lowest BCUT2D eigenvalue weighted by molar-refractivity contribution is 0.392. The summed E-state index contributed by atoms with van der Waals surface area (Å²) in [6, 6.07) is 7.98. The molecular formula is C12H14N4. The van der Waals surface area contributed by atoms with E-state index in [1.807, 2.05) is 36.7 Å². The summed E-state index contributed by atoms with van der Waals surface area (Å²) in [7, 11) is 0. The van der Waals surface area contributed by atoms with Gasteiger partial charge in [-0.05, 0) is 26.0 Å². The summed E-state index contributed by atoms with van der Waals surface area (Å²) in [6.07, 6.45) is 1.75. The van der Waals surface area contributed by atoms with Crippen molar-refractivity contribution >= 4 is 16.6 Å². The molecule has 16 heavy (non-hydrogen) atoms. The van der Waals surface area contributed by atoms with Crippen LogP contribution in [0.1, 0.15) is 13.8 Å². The van der Waals surface area contributed by atoms with Crippen molar-refractivity contribution in [2.45, 2.75) is 20.4 Å². The van der Waals surface area contributed by atoms with E-state index in [1.165, 1.54) is 0 Å². The van der Waals surface area contributed by atoms with Crippen LogP contribution in [0.25, 0.3) is 10.9 Å². The summed E-state index contributed by atoms with van der Waals surface area (Å²) in [5.74, 6) is 0. The fourth-order valence-electron chi connectivity index (χ4n) is 1.66. The molecule has 0 fully saturated rings. The number of anilines is 1. The molecule has 0 amide bonds. The molecule has 2 aromatic rings. The van der Waals surface area contributed by atoms with Crippen LogP contribution in [0.3, 0.4) is 0 Å². The molecule has 0 unspecified atom stereocenters. The molecule has 1 heterocycles. The Morgan fingerprint density at radius 1 is 1.50 bits per heavy atom. The second-order valence-corrected chi connectivity index (χ2v) is 4.58. The van der Waals surface area contributed by atoms with Gasteiger partial charge >= 0.3 is 0 Å². The van der Waals surface area contributed by atoms with Crippen LogP contribution in [0.2, 0.25) is 0 Å². The zero-order chi connectivity index (χ0) is 11.8. The van der Waals surface area contributed by atoms with Gasteiger partial charge in [0, 0.05) is 11.1 Å². The molecule has 82 valence electrons. The summed E-state index contributed by atoms with van der Waals surface area (Å²) >= 11 is 0. The zero-order valence-electron chi connectivity index (χ0n) is 9.44. The fourth-order valence-corrected chi connectivity index (χ4v) is 1.66. The second-order valence-electron chi connectivity index (χ2n) is 4.58. The van der Waals surface area contributed by atoms with E-state index in [-0.39, 0.29) is 0 Å². The number of fused-ring (bicyclic) bond motifs is 1. The van der Waals surface area contributed by atoms with Crippen molar-refractivity contribution < 1.29 is 0 Å². The van der Waals surface area contributed by atoms with Gasteiger partial charge in [-0.3, -0.25) is 4.68 Å². The van der Waals surface area contributed by atoms with Crippen LogP contribution in [-0.4, -0.2) is 9.78 Å². The van der Waals surface area contributed by atoms with Crippen molar-refractivity contribution in [3.05, 3.63) is 24.4 Å². The number of nitrogens with two attached hydrogens (primary N) is 1. The highest BCUT2D eigenvalue weighted by Crippen LogP contribution is 2.23. The van der Waals surface area contributed by atoms with Crippen molar-refractivity contribution in [3.63, 3.8) is 0 Å². The molecular weight excluding hydrogens is 200 g/mol. The molecule has 1 aromatic carbocycles. The fraction of sp³-hybridized carbons (Fsp3) is 0.333. The van der Waals surface area contributed by atoms with Gasteiger partial charge in [-0.25, -0.2) is 0 Å². The zero-order valence-corrected chi connectivity index (χ0v) is 9.44. The topological polar surface area (TPSA) is 67.6 Å². The molecule has 0 aliphatic carbocycles. The van der Waals surface area contributed by atoms with Gasteiger partial charge in [0.05, 0.1) is 29.7 Å². The molecule has 2 rings (SSSR count). The van der Waals surface area contributed by atoms with E-state index < -0.39 is 5.41 Å². The van der Waals surface area contributed by atoms with Gasteiger partial charge in [-0.1, -0.05) is 6.07 Å². The second kappa shape index (κ2) is 3.53. The van der Waals surface area contributed by atoms with E-state index in [4.69, 9.17) is 11.0 Å². The number of nitriles is 1. The Kier molecular flexibility index (Phi) is 2.31. The van der Waals surface area contributed by atoms with Crippen molar-refractivity contribution in [1.29, 1.82) is 5.26 Å². The van der Waals surface area contributed by atoms with Crippen LogP contribution in [-0.2, 0) is 6.54 Å². The van der Waals surface area contributed by atoms with Crippen LogP contribution in [0.5, 0.6) is 0 Å². The first-order chi connectivity index (χ1) is 7.53. The van der Waals surface area contributed by atoms with Crippen LogP contribution in [0.4, 0.5) is 5.69 Å². The molecule has 0 saturated heterocycles. The minimum Gasteiger partial charge on any atom is -0.398 e. The van der Waals surface area contributed by atoms with Gasteiger partial charge in [-0.2, -0.15) is 10.4 Å². The quantitative estimate of drug-likeness (QED) is 0.779. The monoisotopic (exact) mass is 214 g/mol.